The van der Waals surface area contributed by atoms with Crippen molar-refractivity contribution in [1.29, 1.82) is 0 Å². The molecule has 0 saturated carbocycles. The number of ether oxygens (including phenoxy) is 1. The van der Waals surface area contributed by atoms with Crippen molar-refractivity contribution < 1.29 is 24.5 Å². The van der Waals surface area contributed by atoms with Crippen molar-refractivity contribution in [3.8, 4) is 5.75 Å². The molecule has 0 bridgehead atoms. The predicted molar refractivity (Wildman–Crippen MR) is 154 cm³/mol. The molecule has 1 unspecified atom stereocenters. The molecule has 38 heavy (non-hydrogen) atoms. The number of aliphatic carboxylic acids is 1. The van der Waals surface area contributed by atoms with Crippen LogP contribution in [0.2, 0.25) is 0 Å². The summed E-state index contributed by atoms with van der Waals surface area (Å²) >= 11 is 1.56. The number of carboxylic acids is 2. The van der Waals surface area contributed by atoms with Crippen molar-refractivity contribution in [2.45, 2.75) is 68.8 Å². The van der Waals surface area contributed by atoms with Crippen LogP contribution in [0.5, 0.6) is 5.75 Å². The zero-order valence-electron chi connectivity index (χ0n) is 22.1. The number of aryl methyl sites for hydroxylation is 2. The molecule has 3 rings (SSSR count). The largest absolute Gasteiger partial charge is 0.496 e. The molecule has 0 saturated heterocycles. The van der Waals surface area contributed by atoms with Gasteiger partial charge in [0.1, 0.15) is 5.75 Å². The van der Waals surface area contributed by atoms with Crippen molar-refractivity contribution in [2.75, 3.05) is 7.11 Å². The van der Waals surface area contributed by atoms with E-state index in [2.05, 4.69) is 36.4 Å². The van der Waals surface area contributed by atoms with Crippen LogP contribution in [0.25, 0.3) is 0 Å². The van der Waals surface area contributed by atoms with Crippen LogP contribution in [0, 0.1) is 0 Å². The van der Waals surface area contributed by atoms with E-state index in [-0.39, 0.29) is 17.2 Å². The fraction of sp³-hybridized carbons (Fsp3) is 0.375. The fourth-order valence-corrected chi connectivity index (χ4v) is 5.97. The molecule has 0 aliphatic heterocycles. The van der Waals surface area contributed by atoms with E-state index in [1.807, 2.05) is 18.2 Å². The van der Waals surface area contributed by atoms with E-state index in [1.165, 1.54) is 56.4 Å². The molecule has 5 nitrogen and oxygen atoms in total. The molecule has 6 heteroatoms. The van der Waals surface area contributed by atoms with E-state index >= 15 is 0 Å². The molecular formula is C32H38O5S. The number of hydrogen-bond acceptors (Lipinski definition) is 4. The Kier molecular flexibility index (Phi) is 12.2. The lowest BCUT2D eigenvalue weighted by Gasteiger charge is -2.20. The Labute approximate surface area is 230 Å². The molecule has 3 aromatic rings. The third kappa shape index (κ3) is 9.56. The Morgan fingerprint density at radius 1 is 0.789 bits per heavy atom. The summed E-state index contributed by atoms with van der Waals surface area (Å²) in [6, 6.07) is 23.6. The number of carboxylic acid groups (broad SMARTS) is 2. The number of thioether (sulfide) groups is 1. The summed E-state index contributed by atoms with van der Waals surface area (Å²) in [5, 5.41) is 18.7. The lowest BCUT2D eigenvalue weighted by Crippen LogP contribution is -2.07. The quantitative estimate of drug-likeness (QED) is 0.171. The molecule has 0 aliphatic carbocycles. The first-order valence-electron chi connectivity index (χ1n) is 13.3. The maximum atomic E-state index is 11.7. The van der Waals surface area contributed by atoms with Gasteiger partial charge in [0.15, 0.2) is 0 Å². The topological polar surface area (TPSA) is 83.8 Å². The van der Waals surface area contributed by atoms with Crippen LogP contribution in [0.3, 0.4) is 0 Å². The first-order chi connectivity index (χ1) is 18.5. The lowest BCUT2D eigenvalue weighted by atomic mass is 9.97. The number of unbranched alkanes of at least 4 members (excludes halogenated alkanes) is 5. The fourth-order valence-electron chi connectivity index (χ4n) is 4.68. The molecule has 0 amide bonds. The van der Waals surface area contributed by atoms with E-state index in [1.54, 1.807) is 23.9 Å². The molecule has 0 radical (unpaired) electrons. The molecular weight excluding hydrogens is 496 g/mol. The highest BCUT2D eigenvalue weighted by Gasteiger charge is 2.20. The standard InChI is InChI=1S/C32H38O5S/c1-37-29-21-26(32(35)36)19-20-27(29)23-38-30(22-31(33)34)28-18-12-11-17-25(28)16-10-5-3-2-4-7-13-24-14-8-6-9-15-24/h6,8-9,11-12,14-15,17-21,30H,2-5,7,10,13,16,22-23H2,1H3,(H,33,34)(H,35,36). The summed E-state index contributed by atoms with van der Waals surface area (Å²) in [4.78, 5) is 23.0. The van der Waals surface area contributed by atoms with Gasteiger partial charge in [-0.15, -0.1) is 11.8 Å². The van der Waals surface area contributed by atoms with Gasteiger partial charge in [0.25, 0.3) is 0 Å². The molecule has 0 heterocycles. The Morgan fingerprint density at radius 3 is 2.13 bits per heavy atom. The van der Waals surface area contributed by atoms with Gasteiger partial charge < -0.3 is 14.9 Å². The molecule has 3 aromatic carbocycles. The van der Waals surface area contributed by atoms with Gasteiger partial charge in [0, 0.05) is 16.6 Å². The van der Waals surface area contributed by atoms with Gasteiger partial charge in [0.05, 0.1) is 19.1 Å². The average Bonchev–Trinajstić information content (AvgIpc) is 2.93. The van der Waals surface area contributed by atoms with Gasteiger partial charge >= 0.3 is 11.9 Å². The van der Waals surface area contributed by atoms with Crippen LogP contribution in [0.1, 0.15) is 82.8 Å². The van der Waals surface area contributed by atoms with Crippen LogP contribution in [-0.4, -0.2) is 29.3 Å². The predicted octanol–water partition coefficient (Wildman–Crippen LogP) is 7.97. The minimum absolute atomic E-state index is 0.0264. The van der Waals surface area contributed by atoms with Gasteiger partial charge in [-0.05, 0) is 54.5 Å². The number of aromatic carboxylic acids is 1. The highest BCUT2D eigenvalue weighted by atomic mass is 32.2. The number of rotatable bonds is 17. The molecule has 0 fully saturated rings. The van der Waals surface area contributed by atoms with E-state index < -0.39 is 11.9 Å². The summed E-state index contributed by atoms with van der Waals surface area (Å²) < 4.78 is 5.41. The molecule has 202 valence electrons. The van der Waals surface area contributed by atoms with Crippen molar-refractivity contribution in [3.05, 3.63) is 101 Å². The second-order valence-electron chi connectivity index (χ2n) is 9.54. The monoisotopic (exact) mass is 534 g/mol. The van der Waals surface area contributed by atoms with Gasteiger partial charge in [-0.2, -0.15) is 0 Å². The maximum Gasteiger partial charge on any atom is 0.335 e. The highest BCUT2D eigenvalue weighted by molar-refractivity contribution is 7.98. The maximum absolute atomic E-state index is 11.7. The SMILES string of the molecule is COc1cc(C(=O)O)ccc1CSC(CC(=O)O)c1ccccc1CCCCCCCCc1ccccc1. The summed E-state index contributed by atoms with van der Waals surface area (Å²) in [5.41, 5.74) is 4.71. The molecule has 0 aromatic heterocycles. The van der Waals surface area contributed by atoms with E-state index in [0.29, 0.717) is 11.5 Å². The first-order valence-corrected chi connectivity index (χ1v) is 14.4. The summed E-state index contributed by atoms with van der Waals surface area (Å²) in [6.45, 7) is 0. The number of benzene rings is 3. The number of hydrogen-bond donors (Lipinski definition) is 2. The van der Waals surface area contributed by atoms with Crippen LogP contribution < -0.4 is 4.74 Å². The lowest BCUT2D eigenvalue weighted by molar-refractivity contribution is -0.137. The second-order valence-corrected chi connectivity index (χ2v) is 10.7. The van der Waals surface area contributed by atoms with Crippen LogP contribution in [0.4, 0.5) is 0 Å². The molecule has 0 aliphatic rings. The minimum Gasteiger partial charge on any atom is -0.496 e. The van der Waals surface area contributed by atoms with Crippen molar-refractivity contribution in [3.63, 3.8) is 0 Å². The van der Waals surface area contributed by atoms with E-state index in [4.69, 9.17) is 4.74 Å². The molecule has 1 atom stereocenters. The zero-order valence-corrected chi connectivity index (χ0v) is 22.9. The Bertz CT molecular complexity index is 1160. The minimum atomic E-state index is -1.01. The van der Waals surface area contributed by atoms with Gasteiger partial charge in [-0.25, -0.2) is 4.79 Å². The Morgan fingerprint density at radius 2 is 1.45 bits per heavy atom. The third-order valence-electron chi connectivity index (χ3n) is 6.74. The Balaban J connectivity index is 1.53. The summed E-state index contributed by atoms with van der Waals surface area (Å²) in [7, 11) is 1.52. The normalized spacial score (nSPS) is 11.7. The van der Waals surface area contributed by atoms with E-state index in [0.717, 1.165) is 30.4 Å². The zero-order chi connectivity index (χ0) is 27.2. The van der Waals surface area contributed by atoms with Crippen molar-refractivity contribution >= 4 is 23.7 Å². The first kappa shape index (κ1) is 29.3. The van der Waals surface area contributed by atoms with Gasteiger partial charge in [-0.1, -0.05) is 86.3 Å². The smallest absolute Gasteiger partial charge is 0.335 e. The average molecular weight is 535 g/mol. The highest BCUT2D eigenvalue weighted by Crippen LogP contribution is 2.38. The van der Waals surface area contributed by atoms with Crippen LogP contribution >= 0.6 is 11.8 Å². The second kappa shape index (κ2) is 15.9. The van der Waals surface area contributed by atoms with Crippen LogP contribution in [0.15, 0.2) is 72.8 Å². The van der Waals surface area contributed by atoms with Gasteiger partial charge in [-0.3, -0.25) is 4.79 Å². The summed E-state index contributed by atoms with van der Waals surface area (Å²) in [5.74, 6) is -0.810. The molecule has 0 spiro atoms. The van der Waals surface area contributed by atoms with Crippen molar-refractivity contribution in [2.24, 2.45) is 0 Å². The molecule has 2 N–H and O–H groups in total. The van der Waals surface area contributed by atoms with Crippen LogP contribution in [-0.2, 0) is 23.4 Å². The van der Waals surface area contributed by atoms with E-state index in [9.17, 15) is 19.8 Å². The third-order valence-corrected chi connectivity index (χ3v) is 8.04. The van der Waals surface area contributed by atoms with Gasteiger partial charge in [0.2, 0.25) is 0 Å². The number of methoxy groups -OCH3 is 1. The number of carbonyl (C=O) groups is 2. The van der Waals surface area contributed by atoms with Crippen molar-refractivity contribution in [1.82, 2.24) is 0 Å². The summed E-state index contributed by atoms with van der Waals surface area (Å²) in [6.07, 6.45) is 9.31. The Hall–Kier alpha value is -3.25.